The molecule has 2 amide bonds. The van der Waals surface area contributed by atoms with E-state index in [4.69, 9.17) is 27.9 Å². The Bertz CT molecular complexity index is 1010. The van der Waals surface area contributed by atoms with Crippen molar-refractivity contribution >= 4 is 59.1 Å². The van der Waals surface area contributed by atoms with Gasteiger partial charge < -0.3 is 30.4 Å². The van der Waals surface area contributed by atoms with Crippen molar-refractivity contribution in [2.24, 2.45) is 0 Å². The maximum absolute atomic E-state index is 12.7. The number of nitrogens with one attached hydrogen (secondary N) is 4. The van der Waals surface area contributed by atoms with Crippen molar-refractivity contribution in [3.63, 3.8) is 0 Å². The number of H-pyrrole nitrogens is 1. The number of aryl methyl sites for hydroxylation is 1. The standard InChI is InChI=1S/C20H22Cl2N4O5.ClH/c1-10-16(21)17(22)18(25-10)20(29)26-13-4-3-11(19(28)24-9-15(27)30-2)7-14(13)31-12-5-6-23-8-12;/h3-4,7,12,23,25H,5-6,8-9H2,1-2H3,(H,24,28)(H,26,29);1H/t12-;/m0./s1. The van der Waals surface area contributed by atoms with Gasteiger partial charge in [0, 0.05) is 17.8 Å². The van der Waals surface area contributed by atoms with Gasteiger partial charge in [-0.05, 0) is 38.1 Å². The molecule has 4 N–H and O–H groups in total. The van der Waals surface area contributed by atoms with E-state index < -0.39 is 17.8 Å². The first kappa shape index (κ1) is 25.8. The zero-order valence-corrected chi connectivity index (χ0v) is 19.7. The summed E-state index contributed by atoms with van der Waals surface area (Å²) in [5.41, 5.74) is 1.32. The molecule has 0 bridgehead atoms. The second kappa shape index (κ2) is 11.4. The lowest BCUT2D eigenvalue weighted by Gasteiger charge is -2.17. The lowest BCUT2D eigenvalue weighted by molar-refractivity contribution is -0.139. The molecule has 0 spiro atoms. The summed E-state index contributed by atoms with van der Waals surface area (Å²) < 4.78 is 10.5. The molecule has 1 saturated heterocycles. The van der Waals surface area contributed by atoms with Crippen molar-refractivity contribution in [1.82, 2.24) is 15.6 Å². The number of ether oxygens (including phenoxy) is 2. The van der Waals surface area contributed by atoms with Gasteiger partial charge in [0.05, 0.1) is 22.8 Å². The van der Waals surface area contributed by atoms with Crippen LogP contribution >= 0.6 is 35.6 Å². The van der Waals surface area contributed by atoms with Crippen molar-refractivity contribution in [3.8, 4) is 5.75 Å². The normalized spacial score (nSPS) is 14.9. The predicted octanol–water partition coefficient (Wildman–Crippen LogP) is 2.95. The zero-order valence-electron chi connectivity index (χ0n) is 17.3. The highest BCUT2D eigenvalue weighted by atomic mass is 35.5. The van der Waals surface area contributed by atoms with E-state index in [1.54, 1.807) is 13.0 Å². The van der Waals surface area contributed by atoms with Crippen LogP contribution in [0.5, 0.6) is 5.75 Å². The number of aromatic nitrogens is 1. The Morgan fingerprint density at radius 3 is 2.53 bits per heavy atom. The quantitative estimate of drug-likeness (QED) is 0.429. The van der Waals surface area contributed by atoms with Crippen molar-refractivity contribution in [3.05, 3.63) is 45.2 Å². The Morgan fingerprint density at radius 1 is 1.19 bits per heavy atom. The number of rotatable bonds is 7. The second-order valence-electron chi connectivity index (χ2n) is 6.91. The molecule has 1 atom stereocenters. The number of halogens is 3. The van der Waals surface area contributed by atoms with Gasteiger partial charge in [-0.2, -0.15) is 0 Å². The first-order valence-corrected chi connectivity index (χ1v) is 10.3. The third-order valence-electron chi connectivity index (χ3n) is 4.70. The fourth-order valence-electron chi connectivity index (χ4n) is 3.01. The van der Waals surface area contributed by atoms with Gasteiger partial charge in [-0.25, -0.2) is 0 Å². The predicted molar refractivity (Wildman–Crippen MR) is 123 cm³/mol. The van der Waals surface area contributed by atoms with Gasteiger partial charge in [-0.1, -0.05) is 23.2 Å². The van der Waals surface area contributed by atoms with Crippen LogP contribution in [0.1, 0.15) is 33.0 Å². The first-order chi connectivity index (χ1) is 14.8. The van der Waals surface area contributed by atoms with Gasteiger partial charge in [0.25, 0.3) is 11.8 Å². The highest BCUT2D eigenvalue weighted by Gasteiger charge is 2.22. The molecule has 1 aliphatic heterocycles. The molecule has 2 aromatic rings. The van der Waals surface area contributed by atoms with Crippen LogP contribution in [0.15, 0.2) is 18.2 Å². The number of hydrogen-bond acceptors (Lipinski definition) is 6. The third-order valence-corrected chi connectivity index (χ3v) is 5.65. The molecule has 1 fully saturated rings. The summed E-state index contributed by atoms with van der Waals surface area (Å²) in [5, 5.41) is 8.80. The minimum absolute atomic E-state index is 0. The van der Waals surface area contributed by atoms with Gasteiger partial charge in [-0.3, -0.25) is 14.4 Å². The average Bonchev–Trinajstić information content (AvgIpc) is 3.36. The molecule has 1 aliphatic rings. The van der Waals surface area contributed by atoms with Gasteiger partial charge >= 0.3 is 5.97 Å². The molecule has 3 rings (SSSR count). The molecule has 2 heterocycles. The van der Waals surface area contributed by atoms with Crippen LogP contribution in [0.3, 0.4) is 0 Å². The summed E-state index contributed by atoms with van der Waals surface area (Å²) >= 11 is 12.2. The highest BCUT2D eigenvalue weighted by molar-refractivity contribution is 6.44. The number of aromatic amines is 1. The molecule has 9 nitrogen and oxygen atoms in total. The third kappa shape index (κ3) is 6.07. The van der Waals surface area contributed by atoms with Crippen molar-refractivity contribution < 1.29 is 23.9 Å². The largest absolute Gasteiger partial charge is 0.487 e. The average molecular weight is 506 g/mol. The lowest BCUT2D eigenvalue weighted by atomic mass is 10.1. The summed E-state index contributed by atoms with van der Waals surface area (Å²) in [4.78, 5) is 39.2. The van der Waals surface area contributed by atoms with Crippen molar-refractivity contribution in [2.45, 2.75) is 19.4 Å². The Hall–Kier alpha value is -2.46. The number of methoxy groups -OCH3 is 1. The van der Waals surface area contributed by atoms with Crippen molar-refractivity contribution in [1.29, 1.82) is 0 Å². The molecule has 0 saturated carbocycles. The van der Waals surface area contributed by atoms with Crippen LogP contribution in [0, 0.1) is 6.92 Å². The summed E-state index contributed by atoms with van der Waals surface area (Å²) in [6, 6.07) is 4.57. The van der Waals surface area contributed by atoms with E-state index in [1.165, 1.54) is 19.2 Å². The van der Waals surface area contributed by atoms with E-state index in [-0.39, 0.29) is 46.4 Å². The van der Waals surface area contributed by atoms with Crippen LogP contribution in [0.2, 0.25) is 10.0 Å². The first-order valence-electron chi connectivity index (χ1n) is 9.51. The second-order valence-corrected chi connectivity index (χ2v) is 7.67. The van der Waals surface area contributed by atoms with E-state index in [1.807, 2.05) is 0 Å². The van der Waals surface area contributed by atoms with Crippen LogP contribution in [0.25, 0.3) is 0 Å². The smallest absolute Gasteiger partial charge is 0.325 e. The zero-order chi connectivity index (χ0) is 22.5. The number of benzene rings is 1. The number of esters is 1. The Kier molecular flexibility index (Phi) is 9.21. The molecule has 12 heteroatoms. The molecule has 174 valence electrons. The SMILES string of the molecule is COC(=O)CNC(=O)c1ccc(NC(=O)c2[nH]c(C)c(Cl)c2Cl)c(O[C@H]2CCNC2)c1.Cl. The molecule has 32 heavy (non-hydrogen) atoms. The molecular weight excluding hydrogens is 483 g/mol. The topological polar surface area (TPSA) is 122 Å². The lowest BCUT2D eigenvalue weighted by Crippen LogP contribution is -2.30. The molecule has 1 aromatic carbocycles. The van der Waals surface area contributed by atoms with E-state index in [0.29, 0.717) is 23.7 Å². The van der Waals surface area contributed by atoms with Gasteiger partial charge in [0.1, 0.15) is 24.1 Å². The monoisotopic (exact) mass is 504 g/mol. The van der Waals surface area contributed by atoms with Crippen molar-refractivity contribution in [2.75, 3.05) is 32.1 Å². The summed E-state index contributed by atoms with van der Waals surface area (Å²) in [7, 11) is 1.23. The van der Waals surface area contributed by atoms with Crippen LogP contribution in [0.4, 0.5) is 5.69 Å². The highest BCUT2D eigenvalue weighted by Crippen LogP contribution is 2.32. The molecular formula is C20H23Cl3N4O5. The van der Waals surface area contributed by atoms with Gasteiger partial charge in [-0.15, -0.1) is 12.4 Å². The number of hydrogen-bond donors (Lipinski definition) is 4. The molecule has 0 aliphatic carbocycles. The Morgan fingerprint density at radius 2 is 1.94 bits per heavy atom. The number of carbonyl (C=O) groups is 3. The van der Waals surface area contributed by atoms with E-state index in [0.717, 1.165) is 13.0 Å². The van der Waals surface area contributed by atoms with Gasteiger partial charge in [0.15, 0.2) is 0 Å². The van der Waals surface area contributed by atoms with Gasteiger partial charge in [0.2, 0.25) is 0 Å². The molecule has 0 radical (unpaired) electrons. The number of amides is 2. The Labute approximate surface area is 200 Å². The van der Waals surface area contributed by atoms with E-state index >= 15 is 0 Å². The minimum atomic E-state index is -0.567. The summed E-state index contributed by atoms with van der Waals surface area (Å²) in [6.45, 7) is 2.89. The number of carbonyl (C=O) groups excluding carboxylic acids is 3. The van der Waals surface area contributed by atoms with Crippen LogP contribution in [-0.2, 0) is 9.53 Å². The minimum Gasteiger partial charge on any atom is -0.487 e. The summed E-state index contributed by atoms with van der Waals surface area (Å²) in [6.07, 6.45) is 0.665. The maximum Gasteiger partial charge on any atom is 0.325 e. The van der Waals surface area contributed by atoms with E-state index in [2.05, 4.69) is 25.7 Å². The number of anilines is 1. The van der Waals surface area contributed by atoms with Crippen LogP contribution < -0.4 is 20.7 Å². The van der Waals surface area contributed by atoms with E-state index in [9.17, 15) is 14.4 Å². The fraction of sp³-hybridized carbons (Fsp3) is 0.350. The fourth-order valence-corrected chi connectivity index (χ4v) is 3.43. The molecule has 0 unspecified atom stereocenters. The Balaban J connectivity index is 0.00000363. The van der Waals surface area contributed by atoms with Crippen LogP contribution in [-0.4, -0.2) is 55.6 Å². The maximum atomic E-state index is 12.7. The summed E-state index contributed by atoms with van der Waals surface area (Å²) in [5.74, 6) is -1.23. The molecule has 1 aromatic heterocycles.